The highest BCUT2D eigenvalue weighted by molar-refractivity contribution is 5.82. The Kier molecular flexibility index (Phi) is 4.39. The minimum absolute atomic E-state index is 0.296. The van der Waals surface area contributed by atoms with E-state index in [1.807, 2.05) is 0 Å². The van der Waals surface area contributed by atoms with Gasteiger partial charge in [-0.2, -0.15) is 0 Å². The van der Waals surface area contributed by atoms with E-state index in [1.54, 1.807) is 0 Å². The lowest BCUT2D eigenvalue weighted by molar-refractivity contribution is -0.127. The lowest BCUT2D eigenvalue weighted by Gasteiger charge is -2.36. The van der Waals surface area contributed by atoms with Crippen LogP contribution in [0.4, 0.5) is 0 Å². The van der Waals surface area contributed by atoms with E-state index in [0.717, 1.165) is 25.8 Å². The van der Waals surface area contributed by atoms with Gasteiger partial charge in [-0.1, -0.05) is 27.7 Å². The topological polar surface area (TPSA) is 20.3 Å². The number of ketones is 1. The number of Topliss-reactive ketones (excluding diaryl/α,β-unsaturated/α-hetero) is 1. The average Bonchev–Trinajstić information content (AvgIpc) is 2.46. The fourth-order valence-electron chi connectivity index (χ4n) is 3.69. The zero-order chi connectivity index (χ0) is 14.1. The summed E-state index contributed by atoms with van der Waals surface area (Å²) in [4.78, 5) is 14.7. The average molecular weight is 265 g/mol. The first kappa shape index (κ1) is 15.0. The van der Waals surface area contributed by atoms with Crippen molar-refractivity contribution in [3.63, 3.8) is 0 Å². The first-order valence-electron chi connectivity index (χ1n) is 8.03. The predicted octanol–water partition coefficient (Wildman–Crippen LogP) is 3.89. The Morgan fingerprint density at radius 1 is 1.05 bits per heavy atom. The molecule has 0 aromatic heterocycles. The van der Waals surface area contributed by atoms with Crippen molar-refractivity contribution in [3.05, 3.63) is 0 Å². The van der Waals surface area contributed by atoms with Crippen LogP contribution in [0.2, 0.25) is 0 Å². The maximum atomic E-state index is 12.1. The van der Waals surface area contributed by atoms with Crippen molar-refractivity contribution in [3.8, 4) is 0 Å². The number of likely N-dealkylation sites (tertiary alicyclic amines) is 1. The van der Waals surface area contributed by atoms with Gasteiger partial charge < -0.3 is 4.90 Å². The second-order valence-corrected chi connectivity index (χ2v) is 8.35. The predicted molar refractivity (Wildman–Crippen MR) is 80.2 cm³/mol. The Morgan fingerprint density at radius 2 is 1.79 bits per heavy atom. The number of carbonyl (C=O) groups is 1. The molecule has 1 saturated heterocycles. The molecule has 1 aliphatic heterocycles. The molecule has 110 valence electrons. The molecule has 1 heterocycles. The van der Waals surface area contributed by atoms with Crippen LogP contribution in [0.5, 0.6) is 0 Å². The molecular formula is C17H31NO. The molecule has 19 heavy (non-hydrogen) atoms. The van der Waals surface area contributed by atoms with Crippen LogP contribution in [0.25, 0.3) is 0 Å². The molecule has 1 unspecified atom stereocenters. The van der Waals surface area contributed by atoms with E-state index in [0.29, 0.717) is 22.5 Å². The summed E-state index contributed by atoms with van der Waals surface area (Å²) in [7, 11) is 0. The molecule has 1 aliphatic carbocycles. The van der Waals surface area contributed by atoms with Gasteiger partial charge in [0.1, 0.15) is 5.78 Å². The van der Waals surface area contributed by atoms with Gasteiger partial charge in [0.15, 0.2) is 0 Å². The molecule has 0 radical (unpaired) electrons. The first-order valence-corrected chi connectivity index (χ1v) is 8.03. The van der Waals surface area contributed by atoms with Gasteiger partial charge in [0.25, 0.3) is 0 Å². The molecule has 2 fully saturated rings. The zero-order valence-electron chi connectivity index (χ0n) is 13.3. The highest BCUT2D eigenvalue weighted by atomic mass is 16.1. The van der Waals surface area contributed by atoms with Crippen molar-refractivity contribution in [2.75, 3.05) is 19.6 Å². The lowest BCUT2D eigenvalue weighted by atomic mass is 9.71. The van der Waals surface area contributed by atoms with Gasteiger partial charge in [-0.3, -0.25) is 4.79 Å². The van der Waals surface area contributed by atoms with Crippen LogP contribution in [0.3, 0.4) is 0 Å². The van der Waals surface area contributed by atoms with Crippen LogP contribution in [0.1, 0.15) is 66.2 Å². The van der Waals surface area contributed by atoms with Crippen molar-refractivity contribution >= 4 is 5.78 Å². The van der Waals surface area contributed by atoms with Crippen molar-refractivity contribution in [2.45, 2.75) is 66.2 Å². The normalized spacial score (nSPS) is 32.0. The van der Waals surface area contributed by atoms with Crippen LogP contribution >= 0.6 is 0 Å². The second-order valence-electron chi connectivity index (χ2n) is 8.35. The SMILES string of the molecule is CC1(C)CCCN(CC2CC(C)(C)CCC2=O)CC1. The number of nitrogens with zero attached hydrogens (tertiary/aromatic N) is 1. The van der Waals surface area contributed by atoms with Crippen LogP contribution in [-0.4, -0.2) is 30.3 Å². The highest BCUT2D eigenvalue weighted by Crippen LogP contribution is 2.37. The van der Waals surface area contributed by atoms with Crippen molar-refractivity contribution in [1.29, 1.82) is 0 Å². The molecule has 0 aromatic carbocycles. The summed E-state index contributed by atoms with van der Waals surface area (Å²) >= 11 is 0. The Labute approximate surface area is 118 Å². The van der Waals surface area contributed by atoms with E-state index in [9.17, 15) is 4.79 Å². The second kappa shape index (κ2) is 5.55. The summed E-state index contributed by atoms with van der Waals surface area (Å²) in [5.41, 5.74) is 0.855. The molecule has 2 heteroatoms. The Bertz CT molecular complexity index is 332. The number of hydrogen-bond donors (Lipinski definition) is 0. The summed E-state index contributed by atoms with van der Waals surface area (Å²) in [6, 6.07) is 0. The molecule has 2 nitrogen and oxygen atoms in total. The highest BCUT2D eigenvalue weighted by Gasteiger charge is 2.35. The van der Waals surface area contributed by atoms with Gasteiger partial charge in [0, 0.05) is 18.9 Å². The largest absolute Gasteiger partial charge is 0.303 e. The third kappa shape index (κ3) is 4.30. The molecule has 1 atom stereocenters. The number of hydrogen-bond acceptors (Lipinski definition) is 2. The third-order valence-electron chi connectivity index (χ3n) is 5.21. The van der Waals surface area contributed by atoms with Crippen LogP contribution < -0.4 is 0 Å². The Morgan fingerprint density at radius 3 is 2.53 bits per heavy atom. The molecule has 2 rings (SSSR count). The zero-order valence-corrected chi connectivity index (χ0v) is 13.3. The van der Waals surface area contributed by atoms with Gasteiger partial charge in [0.2, 0.25) is 0 Å². The van der Waals surface area contributed by atoms with E-state index >= 15 is 0 Å². The quantitative estimate of drug-likeness (QED) is 0.755. The molecule has 0 spiro atoms. The molecule has 0 N–H and O–H groups in total. The van der Waals surface area contributed by atoms with E-state index in [4.69, 9.17) is 0 Å². The van der Waals surface area contributed by atoms with Gasteiger partial charge in [-0.15, -0.1) is 0 Å². The summed E-state index contributed by atoms with van der Waals surface area (Å²) in [6.45, 7) is 12.8. The van der Waals surface area contributed by atoms with Gasteiger partial charge in [-0.25, -0.2) is 0 Å². The number of carbonyl (C=O) groups excluding carboxylic acids is 1. The summed E-state index contributed by atoms with van der Waals surface area (Å²) in [6.07, 6.45) is 6.86. The molecule has 2 aliphatic rings. The Balaban J connectivity index is 1.91. The van der Waals surface area contributed by atoms with E-state index in [-0.39, 0.29) is 0 Å². The minimum atomic E-state index is 0.296. The summed E-state index contributed by atoms with van der Waals surface area (Å²) in [5, 5.41) is 0. The molecule has 1 saturated carbocycles. The van der Waals surface area contributed by atoms with Crippen LogP contribution in [-0.2, 0) is 4.79 Å². The van der Waals surface area contributed by atoms with Crippen LogP contribution in [0, 0.1) is 16.7 Å². The smallest absolute Gasteiger partial charge is 0.137 e. The van der Waals surface area contributed by atoms with Crippen molar-refractivity contribution in [1.82, 2.24) is 4.90 Å². The van der Waals surface area contributed by atoms with Crippen molar-refractivity contribution < 1.29 is 4.79 Å². The lowest BCUT2D eigenvalue weighted by Crippen LogP contribution is -2.39. The summed E-state index contributed by atoms with van der Waals surface area (Å²) < 4.78 is 0. The van der Waals surface area contributed by atoms with Crippen LogP contribution in [0.15, 0.2) is 0 Å². The van der Waals surface area contributed by atoms with Gasteiger partial charge in [0.05, 0.1) is 0 Å². The van der Waals surface area contributed by atoms with Gasteiger partial charge in [-0.05, 0) is 56.0 Å². The summed E-state index contributed by atoms with van der Waals surface area (Å²) in [5.74, 6) is 0.813. The minimum Gasteiger partial charge on any atom is -0.303 e. The molecular weight excluding hydrogens is 234 g/mol. The van der Waals surface area contributed by atoms with E-state index in [2.05, 4.69) is 32.6 Å². The van der Waals surface area contributed by atoms with E-state index in [1.165, 1.54) is 32.4 Å². The first-order chi connectivity index (χ1) is 8.77. The third-order valence-corrected chi connectivity index (χ3v) is 5.21. The number of rotatable bonds is 2. The molecule has 0 bridgehead atoms. The van der Waals surface area contributed by atoms with Gasteiger partial charge >= 0.3 is 0 Å². The standard InChI is InChI=1S/C17H31NO/c1-16(2)7-5-10-18(11-9-16)13-14-12-17(3,4)8-6-15(14)19/h14H,5-13H2,1-4H3. The molecule has 0 aromatic rings. The Hall–Kier alpha value is -0.370. The fourth-order valence-corrected chi connectivity index (χ4v) is 3.69. The maximum Gasteiger partial charge on any atom is 0.137 e. The van der Waals surface area contributed by atoms with E-state index < -0.39 is 0 Å². The molecule has 0 amide bonds. The fraction of sp³-hybridized carbons (Fsp3) is 0.941. The maximum absolute atomic E-state index is 12.1. The van der Waals surface area contributed by atoms with Crippen molar-refractivity contribution in [2.24, 2.45) is 16.7 Å². The monoisotopic (exact) mass is 265 g/mol.